The molecule has 35 heavy (non-hydrogen) atoms. The van der Waals surface area contributed by atoms with Crippen molar-refractivity contribution >= 4 is 17.7 Å². The quantitative estimate of drug-likeness (QED) is 0.258. The maximum Gasteiger partial charge on any atom is 0.336 e. The van der Waals surface area contributed by atoms with Crippen LogP contribution in [-0.2, 0) is 13.0 Å². The molecule has 0 saturated heterocycles. The summed E-state index contributed by atoms with van der Waals surface area (Å²) in [5, 5.41) is 29.2. The number of aliphatic hydroxyl groups is 1. The van der Waals surface area contributed by atoms with Gasteiger partial charge in [-0.05, 0) is 34.7 Å². The van der Waals surface area contributed by atoms with E-state index < -0.39 is 5.97 Å². The van der Waals surface area contributed by atoms with Crippen LogP contribution in [0.5, 0.6) is 0 Å². The lowest BCUT2D eigenvalue weighted by Gasteiger charge is -2.16. The molecular weight excluding hydrogens is 458 g/mol. The van der Waals surface area contributed by atoms with Crippen LogP contribution in [0.15, 0.2) is 84.0 Å². The first-order valence-corrected chi connectivity index (χ1v) is 12.6. The molecule has 1 unspecified atom stereocenters. The summed E-state index contributed by atoms with van der Waals surface area (Å²) in [6.45, 7) is 2.76. The van der Waals surface area contributed by atoms with Gasteiger partial charge in [-0.15, -0.1) is 10.2 Å². The first-order valence-electron chi connectivity index (χ1n) is 11.8. The number of aromatic nitrogens is 3. The smallest absolute Gasteiger partial charge is 0.336 e. The summed E-state index contributed by atoms with van der Waals surface area (Å²) in [6, 6.07) is 24.9. The number of carboxylic acids is 1. The number of carbonyl (C=O) groups is 1. The third kappa shape index (κ3) is 5.99. The van der Waals surface area contributed by atoms with Crippen LogP contribution in [0.25, 0.3) is 11.1 Å². The minimum Gasteiger partial charge on any atom is -0.478 e. The van der Waals surface area contributed by atoms with Crippen LogP contribution in [0, 0.1) is 0 Å². The average molecular weight is 488 g/mol. The van der Waals surface area contributed by atoms with Gasteiger partial charge in [0, 0.05) is 6.42 Å². The lowest BCUT2D eigenvalue weighted by Crippen LogP contribution is -2.09. The lowest BCUT2D eigenvalue weighted by atomic mass is 9.99. The van der Waals surface area contributed by atoms with E-state index in [1.807, 2.05) is 66.7 Å². The highest BCUT2D eigenvalue weighted by Gasteiger charge is 2.19. The fourth-order valence-corrected chi connectivity index (χ4v) is 4.99. The molecule has 0 saturated carbocycles. The number of aliphatic hydroxyl groups excluding tert-OH is 1. The molecule has 7 heteroatoms. The highest BCUT2D eigenvalue weighted by molar-refractivity contribution is 7.99. The molecule has 0 aliphatic rings. The van der Waals surface area contributed by atoms with Gasteiger partial charge in [-0.1, -0.05) is 97.9 Å². The molecule has 0 aliphatic carbocycles. The number of nitrogens with zero attached hydrogens (tertiary/aromatic N) is 3. The molecule has 0 amide bonds. The van der Waals surface area contributed by atoms with Gasteiger partial charge in [-0.2, -0.15) is 0 Å². The molecule has 0 bridgehead atoms. The molecule has 4 rings (SSSR count). The van der Waals surface area contributed by atoms with E-state index in [4.69, 9.17) is 0 Å². The van der Waals surface area contributed by atoms with E-state index in [2.05, 4.69) is 21.7 Å². The predicted molar refractivity (Wildman–Crippen MR) is 139 cm³/mol. The van der Waals surface area contributed by atoms with Gasteiger partial charge in [-0.3, -0.25) is 0 Å². The molecule has 0 radical (unpaired) electrons. The molecule has 180 valence electrons. The highest BCUT2D eigenvalue weighted by atomic mass is 32.2. The number of unbranched alkanes of at least 4 members (excludes halogenated alkanes) is 1. The van der Waals surface area contributed by atoms with Crippen molar-refractivity contribution in [2.24, 2.45) is 0 Å². The molecule has 0 fully saturated rings. The van der Waals surface area contributed by atoms with E-state index in [0.29, 0.717) is 12.1 Å². The van der Waals surface area contributed by atoms with Gasteiger partial charge in [0.25, 0.3) is 0 Å². The Hall–Kier alpha value is -3.42. The van der Waals surface area contributed by atoms with Crippen molar-refractivity contribution in [3.63, 3.8) is 0 Å². The van der Waals surface area contributed by atoms with Crippen LogP contribution < -0.4 is 0 Å². The molecule has 4 aromatic rings. The summed E-state index contributed by atoms with van der Waals surface area (Å²) >= 11 is 1.52. The monoisotopic (exact) mass is 487 g/mol. The average Bonchev–Trinajstić information content (AvgIpc) is 3.27. The molecule has 1 aromatic heterocycles. The van der Waals surface area contributed by atoms with Crippen molar-refractivity contribution in [1.29, 1.82) is 0 Å². The fourth-order valence-electron chi connectivity index (χ4n) is 3.98. The lowest BCUT2D eigenvalue weighted by molar-refractivity contribution is 0.0697. The number of benzene rings is 3. The van der Waals surface area contributed by atoms with Gasteiger partial charge in [0.05, 0.1) is 24.0 Å². The van der Waals surface area contributed by atoms with Crippen molar-refractivity contribution in [3.05, 3.63) is 101 Å². The summed E-state index contributed by atoms with van der Waals surface area (Å²) in [4.78, 5) is 11.6. The van der Waals surface area contributed by atoms with Crippen LogP contribution in [0.1, 0.15) is 52.3 Å². The number of hydrogen-bond acceptors (Lipinski definition) is 5. The number of aromatic carboxylic acids is 1. The Morgan fingerprint density at radius 1 is 0.971 bits per heavy atom. The topological polar surface area (TPSA) is 88.2 Å². The zero-order valence-corrected chi connectivity index (χ0v) is 20.5. The van der Waals surface area contributed by atoms with Crippen molar-refractivity contribution < 1.29 is 15.0 Å². The minimum absolute atomic E-state index is 0.00349. The zero-order valence-electron chi connectivity index (χ0n) is 19.7. The van der Waals surface area contributed by atoms with Crippen molar-refractivity contribution in [1.82, 2.24) is 14.8 Å². The normalized spacial score (nSPS) is 11.9. The molecule has 0 aliphatic heterocycles. The van der Waals surface area contributed by atoms with Gasteiger partial charge >= 0.3 is 5.97 Å². The van der Waals surface area contributed by atoms with E-state index in [0.717, 1.165) is 46.9 Å². The van der Waals surface area contributed by atoms with Gasteiger partial charge in [0.15, 0.2) is 5.16 Å². The number of aryl methyl sites for hydroxylation is 1. The standard InChI is InChI=1S/C28H29N3O3S/c1-2-3-13-26-29-30-28(35-25(19-32)22-9-5-4-6-10-22)31(26)18-20-14-16-21(17-15-20)23-11-7-8-12-24(23)27(33)34/h4-12,14-17,25,32H,2-3,13,18-19H2,1H3,(H,33,34). The molecule has 0 spiro atoms. The second-order valence-corrected chi connectivity index (χ2v) is 9.51. The fraction of sp³-hybridized carbons (Fsp3) is 0.250. The maximum atomic E-state index is 11.6. The van der Waals surface area contributed by atoms with Gasteiger partial charge in [0.1, 0.15) is 5.82 Å². The SMILES string of the molecule is CCCCc1nnc(SC(CO)c2ccccc2)n1Cc1ccc(-c2ccccc2C(=O)O)cc1. The van der Waals surface area contributed by atoms with Crippen LogP contribution in [0.3, 0.4) is 0 Å². The summed E-state index contributed by atoms with van der Waals surface area (Å²) in [6.07, 6.45) is 2.93. The Balaban J connectivity index is 1.60. The van der Waals surface area contributed by atoms with Gasteiger partial charge < -0.3 is 14.8 Å². The Bertz CT molecular complexity index is 1260. The van der Waals surface area contributed by atoms with E-state index in [1.54, 1.807) is 12.1 Å². The molecule has 2 N–H and O–H groups in total. The van der Waals surface area contributed by atoms with Crippen molar-refractivity contribution in [2.75, 3.05) is 6.61 Å². The summed E-state index contributed by atoms with van der Waals surface area (Å²) in [5.41, 5.74) is 3.97. The first-order chi connectivity index (χ1) is 17.1. The van der Waals surface area contributed by atoms with Gasteiger partial charge in [0.2, 0.25) is 0 Å². The molecule has 6 nitrogen and oxygen atoms in total. The Morgan fingerprint density at radius 3 is 2.37 bits per heavy atom. The second-order valence-electron chi connectivity index (χ2n) is 8.34. The third-order valence-electron chi connectivity index (χ3n) is 5.90. The van der Waals surface area contributed by atoms with Crippen LogP contribution >= 0.6 is 11.8 Å². The number of thioether (sulfide) groups is 1. The molecule has 1 heterocycles. The second kappa shape index (κ2) is 11.8. The first kappa shape index (κ1) is 24.7. The van der Waals surface area contributed by atoms with Crippen molar-refractivity contribution in [2.45, 2.75) is 43.1 Å². The Kier molecular flexibility index (Phi) is 8.34. The summed E-state index contributed by atoms with van der Waals surface area (Å²) in [7, 11) is 0. The Labute approximate surface area is 209 Å². The molecular formula is C28H29N3O3S. The number of carboxylic acid groups (broad SMARTS) is 1. The van der Waals surface area contributed by atoms with Crippen LogP contribution in [-0.4, -0.2) is 37.6 Å². The van der Waals surface area contributed by atoms with E-state index in [1.165, 1.54) is 11.8 Å². The maximum absolute atomic E-state index is 11.6. The highest BCUT2D eigenvalue weighted by Crippen LogP contribution is 2.34. The van der Waals surface area contributed by atoms with Crippen molar-refractivity contribution in [3.8, 4) is 11.1 Å². The van der Waals surface area contributed by atoms with Crippen LogP contribution in [0.2, 0.25) is 0 Å². The van der Waals surface area contributed by atoms with E-state index in [-0.39, 0.29) is 17.4 Å². The van der Waals surface area contributed by atoms with Crippen LogP contribution in [0.4, 0.5) is 0 Å². The largest absolute Gasteiger partial charge is 0.478 e. The predicted octanol–water partition coefficient (Wildman–Crippen LogP) is 5.86. The Morgan fingerprint density at radius 2 is 1.69 bits per heavy atom. The zero-order chi connectivity index (χ0) is 24.6. The van der Waals surface area contributed by atoms with Gasteiger partial charge in [-0.25, -0.2) is 4.79 Å². The molecule has 3 aromatic carbocycles. The van der Waals surface area contributed by atoms with E-state index >= 15 is 0 Å². The number of rotatable bonds is 11. The third-order valence-corrected chi connectivity index (χ3v) is 7.11. The summed E-state index contributed by atoms with van der Waals surface area (Å²) in [5.74, 6) is -0.00680. The number of hydrogen-bond donors (Lipinski definition) is 2. The minimum atomic E-state index is -0.937. The van der Waals surface area contributed by atoms with E-state index in [9.17, 15) is 15.0 Å². The molecule has 1 atom stereocenters. The summed E-state index contributed by atoms with van der Waals surface area (Å²) < 4.78 is 2.13.